The zero-order valence-corrected chi connectivity index (χ0v) is 13.4. The second-order valence-corrected chi connectivity index (χ2v) is 6.86. The van der Waals surface area contributed by atoms with E-state index >= 15 is 0 Å². The highest BCUT2D eigenvalue weighted by atomic mass is 79.9. The molecule has 0 aliphatic rings. The van der Waals surface area contributed by atoms with E-state index in [0.717, 1.165) is 11.0 Å². The van der Waals surface area contributed by atoms with E-state index < -0.39 is 0 Å². The van der Waals surface area contributed by atoms with Gasteiger partial charge in [-0.25, -0.2) is 0 Å². The summed E-state index contributed by atoms with van der Waals surface area (Å²) in [6.07, 6.45) is 0. The van der Waals surface area contributed by atoms with Crippen LogP contribution in [0.2, 0.25) is 0 Å². The molecular weight excluding hydrogens is 306 g/mol. The highest BCUT2D eigenvalue weighted by Gasteiger charge is 2.21. The van der Waals surface area contributed by atoms with Gasteiger partial charge in [-0.15, -0.1) is 11.3 Å². The second-order valence-electron chi connectivity index (χ2n) is 5.09. The van der Waals surface area contributed by atoms with Gasteiger partial charge in [0.25, 0.3) is 0 Å². The van der Waals surface area contributed by atoms with Crippen molar-refractivity contribution < 1.29 is 0 Å². The van der Waals surface area contributed by atoms with Crippen molar-refractivity contribution in [2.45, 2.75) is 19.3 Å². The van der Waals surface area contributed by atoms with Crippen molar-refractivity contribution in [3.05, 3.63) is 45.7 Å². The highest BCUT2D eigenvalue weighted by molar-refractivity contribution is 9.10. The van der Waals surface area contributed by atoms with Crippen LogP contribution in [0.5, 0.6) is 0 Å². The molecule has 0 radical (unpaired) electrons. The summed E-state index contributed by atoms with van der Waals surface area (Å²) < 4.78 is 1.16. The topological polar surface area (TPSA) is 12.0 Å². The van der Waals surface area contributed by atoms with Crippen LogP contribution in [0, 0.1) is 0 Å². The summed E-state index contributed by atoms with van der Waals surface area (Å²) in [6.45, 7) is 5.53. The average Bonchev–Trinajstić information content (AvgIpc) is 2.79. The van der Waals surface area contributed by atoms with E-state index in [-0.39, 0.29) is 5.41 Å². The fourth-order valence-corrected chi connectivity index (χ4v) is 3.81. The molecule has 0 saturated heterocycles. The van der Waals surface area contributed by atoms with Gasteiger partial charge in [-0.2, -0.15) is 0 Å². The van der Waals surface area contributed by atoms with Crippen LogP contribution in [0.4, 0.5) is 0 Å². The monoisotopic (exact) mass is 323 g/mol. The first-order valence-corrected chi connectivity index (χ1v) is 7.70. The van der Waals surface area contributed by atoms with E-state index in [9.17, 15) is 0 Å². The lowest BCUT2D eigenvalue weighted by molar-refractivity contribution is 0.496. The van der Waals surface area contributed by atoms with Crippen LogP contribution in [-0.2, 0) is 5.41 Å². The predicted molar refractivity (Wildman–Crippen MR) is 84.4 cm³/mol. The van der Waals surface area contributed by atoms with E-state index in [2.05, 4.69) is 64.7 Å². The smallest absolute Gasteiger partial charge is 0.0357 e. The number of hydrogen-bond donors (Lipinski definition) is 1. The summed E-state index contributed by atoms with van der Waals surface area (Å²) in [5.74, 6) is 0. The number of likely N-dealkylation sites (N-methyl/N-ethyl adjacent to an activating group) is 1. The van der Waals surface area contributed by atoms with Gasteiger partial charge in [0.2, 0.25) is 0 Å². The Balaban J connectivity index is 2.34. The molecule has 0 aliphatic heterocycles. The minimum Gasteiger partial charge on any atom is -0.319 e. The number of nitrogens with one attached hydrogen (secondary N) is 1. The predicted octanol–water partition coefficient (Wildman–Crippen LogP) is 4.67. The largest absolute Gasteiger partial charge is 0.319 e. The first-order chi connectivity index (χ1) is 8.54. The van der Waals surface area contributed by atoms with E-state index in [4.69, 9.17) is 0 Å². The Morgan fingerprint density at radius 1 is 1.28 bits per heavy atom. The van der Waals surface area contributed by atoms with Gasteiger partial charge in [0, 0.05) is 26.9 Å². The average molecular weight is 324 g/mol. The van der Waals surface area contributed by atoms with Crippen molar-refractivity contribution in [2.24, 2.45) is 0 Å². The minimum atomic E-state index is 0.171. The van der Waals surface area contributed by atoms with Crippen molar-refractivity contribution in [3.63, 3.8) is 0 Å². The standard InChI is InChI=1S/C15H18BrNS/c1-15(2,10-17-3)11-8-14(18-9-11)12-6-4-5-7-13(12)16/h4-9,17H,10H2,1-3H3. The van der Waals surface area contributed by atoms with E-state index in [1.54, 1.807) is 0 Å². The zero-order chi connectivity index (χ0) is 13.2. The second kappa shape index (κ2) is 5.55. The molecule has 0 amide bonds. The Morgan fingerprint density at radius 2 is 2.00 bits per heavy atom. The SMILES string of the molecule is CNCC(C)(C)c1csc(-c2ccccc2Br)c1. The maximum Gasteiger partial charge on any atom is 0.0357 e. The van der Waals surface area contributed by atoms with Gasteiger partial charge >= 0.3 is 0 Å². The van der Waals surface area contributed by atoms with Gasteiger partial charge in [0.1, 0.15) is 0 Å². The Labute approximate surface area is 121 Å². The van der Waals surface area contributed by atoms with E-state index in [1.165, 1.54) is 16.0 Å². The molecule has 0 bridgehead atoms. The fourth-order valence-electron chi connectivity index (χ4n) is 2.04. The summed E-state index contributed by atoms with van der Waals surface area (Å²) in [5.41, 5.74) is 2.84. The van der Waals surface area contributed by atoms with Crippen molar-refractivity contribution in [1.29, 1.82) is 0 Å². The lowest BCUT2D eigenvalue weighted by Crippen LogP contribution is -2.30. The van der Waals surface area contributed by atoms with Gasteiger partial charge < -0.3 is 5.32 Å². The summed E-state index contributed by atoms with van der Waals surface area (Å²) in [4.78, 5) is 1.32. The minimum absolute atomic E-state index is 0.171. The third-order valence-electron chi connectivity index (χ3n) is 3.14. The first-order valence-electron chi connectivity index (χ1n) is 6.03. The molecule has 0 atom stereocenters. The van der Waals surface area contributed by atoms with Crippen molar-refractivity contribution in [2.75, 3.05) is 13.6 Å². The molecule has 0 fully saturated rings. The Kier molecular flexibility index (Phi) is 4.25. The molecule has 18 heavy (non-hydrogen) atoms. The molecule has 2 aromatic rings. The molecule has 0 spiro atoms. The normalized spacial score (nSPS) is 11.8. The van der Waals surface area contributed by atoms with Crippen LogP contribution in [0.1, 0.15) is 19.4 Å². The van der Waals surface area contributed by atoms with Gasteiger partial charge in [0.05, 0.1) is 0 Å². The molecule has 0 unspecified atom stereocenters. The lowest BCUT2D eigenvalue weighted by Gasteiger charge is -2.23. The molecule has 0 aliphatic carbocycles. The molecule has 0 saturated carbocycles. The van der Waals surface area contributed by atoms with Gasteiger partial charge in [0.15, 0.2) is 0 Å². The molecule has 1 nitrogen and oxygen atoms in total. The number of hydrogen-bond acceptors (Lipinski definition) is 2. The quantitative estimate of drug-likeness (QED) is 0.861. The molecular formula is C15H18BrNS. The molecule has 1 aromatic heterocycles. The molecule has 3 heteroatoms. The molecule has 96 valence electrons. The Morgan fingerprint density at radius 3 is 2.67 bits per heavy atom. The number of thiophene rings is 1. The van der Waals surface area contributed by atoms with Crippen molar-refractivity contribution in [3.8, 4) is 10.4 Å². The Hall–Kier alpha value is -0.640. The molecule has 1 aromatic carbocycles. The molecule has 1 N–H and O–H groups in total. The number of rotatable bonds is 4. The summed E-state index contributed by atoms with van der Waals surface area (Å²) in [6, 6.07) is 10.7. The van der Waals surface area contributed by atoms with Crippen LogP contribution in [0.3, 0.4) is 0 Å². The van der Waals surface area contributed by atoms with Crippen molar-refractivity contribution >= 4 is 27.3 Å². The number of benzene rings is 1. The summed E-state index contributed by atoms with van der Waals surface area (Å²) >= 11 is 5.43. The maximum atomic E-state index is 3.62. The van der Waals surface area contributed by atoms with E-state index in [1.807, 2.05) is 24.5 Å². The van der Waals surface area contributed by atoms with E-state index in [0.29, 0.717) is 0 Å². The summed E-state index contributed by atoms with van der Waals surface area (Å²) in [7, 11) is 2.00. The van der Waals surface area contributed by atoms with Crippen LogP contribution in [-0.4, -0.2) is 13.6 Å². The molecule has 2 rings (SSSR count). The van der Waals surface area contributed by atoms with Crippen LogP contribution in [0.15, 0.2) is 40.2 Å². The summed E-state index contributed by atoms with van der Waals surface area (Å²) in [5, 5.41) is 5.53. The van der Waals surface area contributed by atoms with Crippen LogP contribution < -0.4 is 5.32 Å². The maximum absolute atomic E-state index is 3.62. The van der Waals surface area contributed by atoms with Crippen LogP contribution in [0.25, 0.3) is 10.4 Å². The highest BCUT2D eigenvalue weighted by Crippen LogP contribution is 2.36. The molecule has 1 heterocycles. The number of halogens is 1. The Bertz CT molecular complexity index is 531. The zero-order valence-electron chi connectivity index (χ0n) is 11.0. The van der Waals surface area contributed by atoms with Gasteiger partial charge in [-0.3, -0.25) is 0 Å². The van der Waals surface area contributed by atoms with Gasteiger partial charge in [-0.05, 0) is 30.1 Å². The van der Waals surface area contributed by atoms with Crippen molar-refractivity contribution in [1.82, 2.24) is 5.32 Å². The fraction of sp³-hybridized carbons (Fsp3) is 0.333. The van der Waals surface area contributed by atoms with Gasteiger partial charge in [-0.1, -0.05) is 48.0 Å². The third-order valence-corrected chi connectivity index (χ3v) is 4.79. The third kappa shape index (κ3) is 2.85. The van der Waals surface area contributed by atoms with Crippen LogP contribution >= 0.6 is 27.3 Å². The first kappa shape index (κ1) is 13.8. The lowest BCUT2D eigenvalue weighted by atomic mass is 9.86.